The first-order chi connectivity index (χ1) is 4.63. The molecule has 0 unspecified atom stereocenters. The van der Waals surface area contributed by atoms with Crippen molar-refractivity contribution in [3.8, 4) is 0 Å². The Morgan fingerprint density at radius 1 is 1.50 bits per heavy atom. The lowest BCUT2D eigenvalue weighted by molar-refractivity contribution is -0.420. The summed E-state index contributed by atoms with van der Waals surface area (Å²) < 4.78 is 0. The Hall–Kier alpha value is -1.58. The smallest absolute Gasteiger partial charge is 0.291 e. The van der Waals surface area contributed by atoms with Gasteiger partial charge in [-0.05, 0) is 6.08 Å². The Balaban J connectivity index is 4.79. The molecule has 0 aliphatic heterocycles. The van der Waals surface area contributed by atoms with Crippen LogP contribution in [0.3, 0.4) is 0 Å². The number of hydrogen-bond acceptors (Lipinski definition) is 3. The van der Waals surface area contributed by atoms with Crippen molar-refractivity contribution in [2.75, 3.05) is 0 Å². The summed E-state index contributed by atoms with van der Waals surface area (Å²) in [6.45, 7) is 6.50. The predicted octanol–water partition coefficient (Wildman–Crippen LogP) is 0.805. The number of nitrogens with two attached hydrogens (primary N) is 1. The van der Waals surface area contributed by atoms with Crippen molar-refractivity contribution in [1.29, 1.82) is 0 Å². The average Bonchev–Trinajstić information content (AvgIpc) is 1.88. The molecule has 0 rings (SSSR count). The molecule has 0 fully saturated rings. The van der Waals surface area contributed by atoms with Gasteiger partial charge in [-0.2, -0.15) is 0 Å². The van der Waals surface area contributed by atoms with Gasteiger partial charge in [-0.15, -0.1) is 0 Å². The second-order valence-corrected chi connectivity index (χ2v) is 1.51. The van der Waals surface area contributed by atoms with Crippen molar-refractivity contribution in [2.45, 2.75) is 0 Å². The van der Waals surface area contributed by atoms with E-state index in [4.69, 9.17) is 5.73 Å². The van der Waals surface area contributed by atoms with Crippen molar-refractivity contribution in [3.05, 3.63) is 46.8 Å². The zero-order valence-electron chi connectivity index (χ0n) is 5.41. The molecule has 0 spiro atoms. The summed E-state index contributed by atoms with van der Waals surface area (Å²) in [5.74, 6) is 0. The van der Waals surface area contributed by atoms with Crippen molar-refractivity contribution >= 4 is 0 Å². The highest BCUT2D eigenvalue weighted by molar-refractivity contribution is 5.22. The Labute approximate surface area is 58.5 Å². The summed E-state index contributed by atoms with van der Waals surface area (Å²) in [7, 11) is 0. The number of nitro groups is 1. The summed E-state index contributed by atoms with van der Waals surface area (Å²) in [5, 5.41) is 10.1. The van der Waals surface area contributed by atoms with Crippen molar-refractivity contribution < 1.29 is 4.92 Å². The van der Waals surface area contributed by atoms with Gasteiger partial charge in [-0.1, -0.05) is 13.2 Å². The highest BCUT2D eigenvalue weighted by Crippen LogP contribution is 2.00. The van der Waals surface area contributed by atoms with Crippen LogP contribution < -0.4 is 5.73 Å². The zero-order valence-corrected chi connectivity index (χ0v) is 5.41. The minimum atomic E-state index is -0.607. The molecule has 0 saturated carbocycles. The minimum absolute atomic E-state index is 0.0278. The number of rotatable bonds is 3. The molecular weight excluding hydrogens is 132 g/mol. The van der Waals surface area contributed by atoms with Gasteiger partial charge < -0.3 is 5.73 Å². The van der Waals surface area contributed by atoms with Gasteiger partial charge in [0.15, 0.2) is 0 Å². The van der Waals surface area contributed by atoms with E-state index in [0.29, 0.717) is 0 Å². The molecular formula is C6H8N2O2. The topological polar surface area (TPSA) is 69.2 Å². The molecule has 2 N–H and O–H groups in total. The molecule has 0 aliphatic carbocycles. The molecule has 0 aromatic carbocycles. The van der Waals surface area contributed by atoms with Crippen LogP contribution in [0, 0.1) is 10.1 Å². The van der Waals surface area contributed by atoms with Crippen LogP contribution in [0.1, 0.15) is 0 Å². The summed E-state index contributed by atoms with van der Waals surface area (Å²) >= 11 is 0. The molecule has 0 aliphatic rings. The van der Waals surface area contributed by atoms with Crippen molar-refractivity contribution in [3.63, 3.8) is 0 Å². The third-order valence-corrected chi connectivity index (χ3v) is 0.906. The van der Waals surface area contributed by atoms with Gasteiger partial charge in [-0.3, -0.25) is 10.1 Å². The maximum absolute atomic E-state index is 10.1. The molecule has 0 aromatic rings. The van der Waals surface area contributed by atoms with E-state index < -0.39 is 4.92 Å². The summed E-state index contributed by atoms with van der Waals surface area (Å²) in [5.41, 5.74) is 4.99. The third kappa shape index (κ3) is 1.74. The quantitative estimate of drug-likeness (QED) is 0.358. The van der Waals surface area contributed by atoms with Gasteiger partial charge in [0.1, 0.15) is 5.70 Å². The molecule has 10 heavy (non-hydrogen) atoms. The van der Waals surface area contributed by atoms with E-state index in [9.17, 15) is 10.1 Å². The van der Waals surface area contributed by atoms with Gasteiger partial charge >= 0.3 is 0 Å². The van der Waals surface area contributed by atoms with Crippen LogP contribution in [-0.2, 0) is 0 Å². The van der Waals surface area contributed by atoms with Crippen LogP contribution in [0.25, 0.3) is 0 Å². The second-order valence-electron chi connectivity index (χ2n) is 1.51. The van der Waals surface area contributed by atoms with Gasteiger partial charge in [0.2, 0.25) is 0 Å². The molecule has 0 aromatic heterocycles. The second kappa shape index (κ2) is 3.45. The highest BCUT2D eigenvalue weighted by atomic mass is 16.6. The largest absolute Gasteiger partial charge is 0.393 e. The number of allylic oxidation sites excluding steroid dienone is 2. The fourth-order valence-corrected chi connectivity index (χ4v) is 0.402. The maximum atomic E-state index is 10.1. The number of hydrogen-bond donors (Lipinski definition) is 1. The van der Waals surface area contributed by atoms with E-state index in [1.54, 1.807) is 0 Å². The lowest BCUT2D eigenvalue weighted by atomic mass is 10.3. The average molecular weight is 140 g/mol. The molecule has 0 saturated heterocycles. The van der Waals surface area contributed by atoms with Crippen molar-refractivity contribution in [1.82, 2.24) is 0 Å². The van der Waals surface area contributed by atoms with E-state index in [1.807, 2.05) is 0 Å². The van der Waals surface area contributed by atoms with Crippen LogP contribution in [-0.4, -0.2) is 4.92 Å². The molecule has 0 radical (unpaired) electrons. The van der Waals surface area contributed by atoms with Crippen LogP contribution in [0.15, 0.2) is 36.7 Å². The van der Waals surface area contributed by atoms with E-state index in [0.717, 1.165) is 6.08 Å². The van der Waals surface area contributed by atoms with E-state index in [-0.39, 0.29) is 11.4 Å². The standard InChI is InChI=1S/C6H8N2O2/c1-3-5(7)6(4-2)8(9)10/h3-4H,1-2,7H2/b6-5-. The minimum Gasteiger partial charge on any atom is -0.393 e. The zero-order chi connectivity index (χ0) is 8.15. The fraction of sp³-hybridized carbons (Fsp3) is 0. The Kier molecular flexibility index (Phi) is 2.90. The van der Waals surface area contributed by atoms with Gasteiger partial charge in [0, 0.05) is 6.08 Å². The Bertz CT molecular complexity index is 206. The summed E-state index contributed by atoms with van der Waals surface area (Å²) in [4.78, 5) is 9.47. The first-order valence-electron chi connectivity index (χ1n) is 2.52. The lowest BCUT2D eigenvalue weighted by Crippen LogP contribution is -2.05. The molecule has 0 heterocycles. The third-order valence-electron chi connectivity index (χ3n) is 0.906. The first kappa shape index (κ1) is 8.42. The normalized spacial score (nSPS) is 11.6. The Morgan fingerprint density at radius 3 is 2.10 bits per heavy atom. The molecule has 4 heteroatoms. The van der Waals surface area contributed by atoms with E-state index >= 15 is 0 Å². The lowest BCUT2D eigenvalue weighted by Gasteiger charge is -1.91. The van der Waals surface area contributed by atoms with E-state index in [1.165, 1.54) is 6.08 Å². The molecule has 0 atom stereocenters. The molecule has 0 amide bonds. The summed E-state index contributed by atoms with van der Waals surface area (Å²) in [6.07, 6.45) is 2.29. The summed E-state index contributed by atoms with van der Waals surface area (Å²) in [6, 6.07) is 0. The van der Waals surface area contributed by atoms with Crippen LogP contribution in [0.2, 0.25) is 0 Å². The maximum Gasteiger partial charge on any atom is 0.291 e. The SMILES string of the molecule is C=C/C(N)=C(\C=C)[N+](=O)[O-]. The molecule has 0 bridgehead atoms. The van der Waals surface area contributed by atoms with Gasteiger partial charge in [0.05, 0.1) is 4.92 Å². The Morgan fingerprint density at radius 2 is 2.00 bits per heavy atom. The number of nitrogens with zero attached hydrogens (tertiary/aromatic N) is 1. The highest BCUT2D eigenvalue weighted by Gasteiger charge is 2.07. The molecule has 4 nitrogen and oxygen atoms in total. The van der Waals surface area contributed by atoms with E-state index in [2.05, 4.69) is 13.2 Å². The van der Waals surface area contributed by atoms with Crippen LogP contribution in [0.4, 0.5) is 0 Å². The van der Waals surface area contributed by atoms with Crippen LogP contribution >= 0.6 is 0 Å². The monoisotopic (exact) mass is 140 g/mol. The van der Waals surface area contributed by atoms with Crippen molar-refractivity contribution in [2.24, 2.45) is 5.73 Å². The first-order valence-corrected chi connectivity index (χ1v) is 2.52. The molecule has 54 valence electrons. The van der Waals surface area contributed by atoms with Gasteiger partial charge in [-0.25, -0.2) is 0 Å². The fourth-order valence-electron chi connectivity index (χ4n) is 0.402. The predicted molar refractivity (Wildman–Crippen MR) is 38.6 cm³/mol. The van der Waals surface area contributed by atoms with Gasteiger partial charge in [0.25, 0.3) is 5.70 Å². The van der Waals surface area contributed by atoms with Crippen LogP contribution in [0.5, 0.6) is 0 Å².